The molecule has 166 valence electrons. The normalized spacial score (nSPS) is 11.8. The van der Waals surface area contributed by atoms with Crippen LogP contribution in [0.25, 0.3) is 10.8 Å². The van der Waals surface area contributed by atoms with Crippen molar-refractivity contribution >= 4 is 22.6 Å². The first kappa shape index (κ1) is 22.2. The van der Waals surface area contributed by atoms with E-state index in [-0.39, 0.29) is 5.91 Å². The predicted molar refractivity (Wildman–Crippen MR) is 130 cm³/mol. The van der Waals surface area contributed by atoms with Crippen LogP contribution in [-0.2, 0) is 17.6 Å². The van der Waals surface area contributed by atoms with Crippen LogP contribution in [0.2, 0.25) is 0 Å². The van der Waals surface area contributed by atoms with Gasteiger partial charge in [0.25, 0.3) is 5.91 Å². The van der Waals surface area contributed by atoms with Crippen molar-refractivity contribution in [1.82, 2.24) is 10.3 Å². The first-order valence-electron chi connectivity index (χ1n) is 11.0. The van der Waals surface area contributed by atoms with Gasteiger partial charge in [-0.3, -0.25) is 14.6 Å². The molecule has 0 aliphatic heterocycles. The third-order valence-electron chi connectivity index (χ3n) is 5.88. The van der Waals surface area contributed by atoms with Crippen molar-refractivity contribution < 1.29 is 14.7 Å². The monoisotopic (exact) mass is 438 g/mol. The number of carbonyl (C=O) groups is 2. The Hall–Kier alpha value is -3.99. The Morgan fingerprint density at radius 2 is 1.55 bits per heavy atom. The summed E-state index contributed by atoms with van der Waals surface area (Å²) >= 11 is 0. The highest BCUT2D eigenvalue weighted by Crippen LogP contribution is 2.28. The summed E-state index contributed by atoms with van der Waals surface area (Å²) in [6.07, 6.45) is 3.06. The van der Waals surface area contributed by atoms with E-state index in [9.17, 15) is 14.7 Å². The van der Waals surface area contributed by atoms with Gasteiger partial charge in [0.1, 0.15) is 0 Å². The largest absolute Gasteiger partial charge is 0.481 e. The Bertz CT molecular complexity index is 1270. The van der Waals surface area contributed by atoms with Gasteiger partial charge in [-0.1, -0.05) is 66.7 Å². The molecule has 0 fully saturated rings. The maximum Gasteiger partial charge on any atom is 0.310 e. The zero-order valence-electron chi connectivity index (χ0n) is 18.5. The number of carboxylic acids is 1. The van der Waals surface area contributed by atoms with E-state index in [1.807, 2.05) is 78.9 Å². The fourth-order valence-corrected chi connectivity index (χ4v) is 3.93. The lowest BCUT2D eigenvalue weighted by Crippen LogP contribution is -2.25. The van der Waals surface area contributed by atoms with E-state index in [2.05, 4.69) is 10.3 Å². The van der Waals surface area contributed by atoms with Crippen LogP contribution in [0.3, 0.4) is 0 Å². The number of rotatable bonds is 8. The maximum atomic E-state index is 12.5. The summed E-state index contributed by atoms with van der Waals surface area (Å²) in [6.45, 7) is 2.26. The van der Waals surface area contributed by atoms with Crippen LogP contribution in [0.15, 0.2) is 85.1 Å². The second-order valence-electron chi connectivity index (χ2n) is 8.13. The van der Waals surface area contributed by atoms with Crippen molar-refractivity contribution in [2.75, 3.05) is 6.54 Å². The van der Waals surface area contributed by atoms with Gasteiger partial charge < -0.3 is 10.4 Å². The molecule has 2 N–H and O–H groups in total. The van der Waals surface area contributed by atoms with Crippen molar-refractivity contribution in [3.63, 3.8) is 0 Å². The van der Waals surface area contributed by atoms with Crippen molar-refractivity contribution in [2.24, 2.45) is 0 Å². The highest BCUT2D eigenvalue weighted by molar-refractivity contribution is 5.94. The van der Waals surface area contributed by atoms with Gasteiger partial charge in [-0.05, 0) is 47.6 Å². The number of aromatic nitrogens is 1. The number of carboxylic acid groups (broad SMARTS) is 1. The van der Waals surface area contributed by atoms with Gasteiger partial charge in [-0.2, -0.15) is 0 Å². The SMILES string of the molecule is CC(C(=O)O)c1cnc(Cc2ccc(C(=O)NCCc3ccccc3)cc2)c2ccccc12. The minimum atomic E-state index is -0.868. The fraction of sp³-hybridized carbons (Fsp3) is 0.179. The van der Waals surface area contributed by atoms with E-state index in [4.69, 9.17) is 0 Å². The maximum absolute atomic E-state index is 12.5. The van der Waals surface area contributed by atoms with E-state index < -0.39 is 11.9 Å². The van der Waals surface area contributed by atoms with E-state index in [0.717, 1.165) is 28.5 Å². The van der Waals surface area contributed by atoms with Crippen LogP contribution in [0.1, 0.15) is 45.6 Å². The molecule has 0 spiro atoms. The molecule has 4 aromatic rings. The van der Waals surface area contributed by atoms with E-state index in [1.54, 1.807) is 13.1 Å². The number of aliphatic carboxylic acids is 1. The third-order valence-corrected chi connectivity index (χ3v) is 5.88. The zero-order chi connectivity index (χ0) is 23.2. The highest BCUT2D eigenvalue weighted by Gasteiger charge is 2.18. The standard InChI is InChI=1S/C28H26N2O3/c1-19(28(32)33)25-18-30-26(24-10-6-5-9-23(24)25)17-21-11-13-22(14-12-21)27(31)29-16-15-20-7-3-2-4-8-20/h2-14,18-19H,15-17H2,1H3,(H,29,31)(H,32,33). The summed E-state index contributed by atoms with van der Waals surface area (Å²) < 4.78 is 0. The molecule has 0 saturated carbocycles. The summed E-state index contributed by atoms with van der Waals surface area (Å²) in [5, 5.41) is 14.2. The van der Waals surface area contributed by atoms with Gasteiger partial charge in [-0.25, -0.2) is 0 Å². The predicted octanol–water partition coefficient (Wildman–Crippen LogP) is 4.99. The molecule has 0 aliphatic carbocycles. The fourth-order valence-electron chi connectivity index (χ4n) is 3.93. The van der Waals surface area contributed by atoms with Gasteiger partial charge >= 0.3 is 5.97 Å². The average Bonchev–Trinajstić information content (AvgIpc) is 2.85. The molecule has 1 heterocycles. The average molecular weight is 439 g/mol. The molecule has 3 aromatic carbocycles. The number of hydrogen-bond donors (Lipinski definition) is 2. The van der Waals surface area contributed by atoms with Crippen LogP contribution >= 0.6 is 0 Å². The van der Waals surface area contributed by atoms with E-state index in [0.29, 0.717) is 24.1 Å². The molecule has 5 nitrogen and oxygen atoms in total. The van der Waals surface area contributed by atoms with Crippen molar-refractivity contribution in [1.29, 1.82) is 0 Å². The number of benzene rings is 3. The molecule has 1 aromatic heterocycles. The van der Waals surface area contributed by atoms with Gasteiger partial charge in [0.05, 0.1) is 11.6 Å². The number of fused-ring (bicyclic) bond motifs is 1. The van der Waals surface area contributed by atoms with E-state index >= 15 is 0 Å². The molecule has 33 heavy (non-hydrogen) atoms. The first-order chi connectivity index (χ1) is 16.0. The molecular weight excluding hydrogens is 412 g/mol. The Labute approximate surface area is 193 Å². The number of carbonyl (C=O) groups excluding carboxylic acids is 1. The zero-order valence-corrected chi connectivity index (χ0v) is 18.5. The molecule has 0 aliphatic rings. The van der Waals surface area contributed by atoms with Gasteiger partial charge in [0.15, 0.2) is 0 Å². The van der Waals surface area contributed by atoms with Crippen LogP contribution < -0.4 is 5.32 Å². The second-order valence-corrected chi connectivity index (χ2v) is 8.13. The minimum absolute atomic E-state index is 0.0898. The minimum Gasteiger partial charge on any atom is -0.481 e. The summed E-state index contributed by atoms with van der Waals surface area (Å²) in [5.41, 5.74) is 4.44. The van der Waals surface area contributed by atoms with Crippen molar-refractivity contribution in [2.45, 2.75) is 25.7 Å². The molecule has 1 unspecified atom stereocenters. The molecular formula is C28H26N2O3. The van der Waals surface area contributed by atoms with Crippen LogP contribution in [0.4, 0.5) is 0 Å². The summed E-state index contributed by atoms with van der Waals surface area (Å²) in [4.78, 5) is 28.5. The Balaban J connectivity index is 1.45. The Kier molecular flexibility index (Phi) is 6.79. The Morgan fingerprint density at radius 3 is 2.24 bits per heavy atom. The molecule has 1 atom stereocenters. The first-order valence-corrected chi connectivity index (χ1v) is 11.0. The smallest absolute Gasteiger partial charge is 0.310 e. The lowest BCUT2D eigenvalue weighted by Gasteiger charge is -2.13. The lowest BCUT2D eigenvalue weighted by atomic mass is 9.94. The highest BCUT2D eigenvalue weighted by atomic mass is 16.4. The Morgan fingerprint density at radius 1 is 0.879 bits per heavy atom. The summed E-state index contributed by atoms with van der Waals surface area (Å²) in [7, 11) is 0. The molecule has 0 radical (unpaired) electrons. The van der Waals surface area contributed by atoms with Gasteiger partial charge in [0, 0.05) is 30.1 Å². The number of pyridine rings is 1. The van der Waals surface area contributed by atoms with Gasteiger partial charge in [-0.15, -0.1) is 0 Å². The number of hydrogen-bond acceptors (Lipinski definition) is 3. The number of nitrogens with one attached hydrogen (secondary N) is 1. The number of amides is 1. The number of nitrogens with zero attached hydrogens (tertiary/aromatic N) is 1. The molecule has 0 saturated heterocycles. The van der Waals surface area contributed by atoms with Gasteiger partial charge in [0.2, 0.25) is 0 Å². The topological polar surface area (TPSA) is 79.3 Å². The van der Waals surface area contributed by atoms with Crippen LogP contribution in [0.5, 0.6) is 0 Å². The van der Waals surface area contributed by atoms with Crippen LogP contribution in [0, 0.1) is 0 Å². The molecule has 4 rings (SSSR count). The summed E-state index contributed by atoms with van der Waals surface area (Å²) in [5.74, 6) is -1.59. The quantitative estimate of drug-likeness (QED) is 0.406. The van der Waals surface area contributed by atoms with E-state index in [1.165, 1.54) is 5.56 Å². The molecule has 5 heteroatoms. The second kappa shape index (κ2) is 10.1. The molecule has 1 amide bonds. The van der Waals surface area contributed by atoms with Crippen molar-refractivity contribution in [3.8, 4) is 0 Å². The van der Waals surface area contributed by atoms with Crippen molar-refractivity contribution in [3.05, 3.63) is 113 Å². The molecule has 0 bridgehead atoms. The van der Waals surface area contributed by atoms with Crippen LogP contribution in [-0.4, -0.2) is 28.5 Å². The lowest BCUT2D eigenvalue weighted by molar-refractivity contribution is -0.138. The summed E-state index contributed by atoms with van der Waals surface area (Å²) in [6, 6.07) is 25.4. The third kappa shape index (κ3) is 5.26.